The molecule has 0 heterocycles. The number of aliphatic hydroxyl groups is 1. The fourth-order valence-corrected chi connectivity index (χ4v) is 1.15. The van der Waals surface area contributed by atoms with Gasteiger partial charge in [0.1, 0.15) is 5.82 Å². The number of carbonyl (C=O) groups excluding carboxylic acids is 1. The Morgan fingerprint density at radius 3 is 2.39 bits per heavy atom. The van der Waals surface area contributed by atoms with Gasteiger partial charge in [-0.3, -0.25) is 0 Å². The van der Waals surface area contributed by atoms with Gasteiger partial charge in [-0.1, -0.05) is 0 Å². The molecular weight excluding hydrogens is 251 g/mol. The van der Waals surface area contributed by atoms with E-state index in [1.807, 2.05) is 0 Å². The van der Waals surface area contributed by atoms with E-state index in [4.69, 9.17) is 5.73 Å². The van der Waals surface area contributed by atoms with Crippen LogP contribution >= 0.6 is 0 Å². The predicted molar refractivity (Wildman–Crippen MR) is 56.7 cm³/mol. The van der Waals surface area contributed by atoms with Gasteiger partial charge in [0.2, 0.25) is 0 Å². The Kier molecular flexibility index (Phi) is 4.19. The molecule has 0 aliphatic carbocycles. The summed E-state index contributed by atoms with van der Waals surface area (Å²) in [6, 6.07) is 0.630. The second-order valence-corrected chi connectivity index (χ2v) is 3.23. The highest BCUT2D eigenvalue weighted by molar-refractivity contribution is 5.94. The van der Waals surface area contributed by atoms with Crippen molar-refractivity contribution >= 4 is 11.7 Å². The van der Waals surface area contributed by atoms with Crippen molar-refractivity contribution in [3.05, 3.63) is 40.8 Å². The normalized spacial score (nSPS) is 12.0. The first-order chi connectivity index (χ1) is 8.38. The maximum atomic E-state index is 13.3. The Balaban J connectivity index is 3.25. The van der Waals surface area contributed by atoms with Gasteiger partial charge in [0.05, 0.1) is 12.2 Å². The van der Waals surface area contributed by atoms with Crippen molar-refractivity contribution in [2.24, 2.45) is 5.73 Å². The maximum Gasteiger partial charge on any atom is 0.358 e. The zero-order valence-electron chi connectivity index (χ0n) is 9.34. The summed E-state index contributed by atoms with van der Waals surface area (Å²) in [4.78, 5) is 11.2. The molecule has 0 spiro atoms. The average Bonchev–Trinajstić information content (AvgIpc) is 2.32. The zero-order valence-corrected chi connectivity index (χ0v) is 9.34. The Bertz CT molecular complexity index is 515. The van der Waals surface area contributed by atoms with Crippen molar-refractivity contribution in [3.63, 3.8) is 0 Å². The number of esters is 1. The van der Waals surface area contributed by atoms with Crippen LogP contribution in [0, 0.1) is 17.5 Å². The average molecular weight is 261 g/mol. The summed E-state index contributed by atoms with van der Waals surface area (Å²) < 4.78 is 43.3. The molecule has 0 bridgehead atoms. The van der Waals surface area contributed by atoms with Crippen LogP contribution in [0.15, 0.2) is 17.8 Å². The molecule has 0 aliphatic rings. The largest absolute Gasteiger partial charge is 0.505 e. The van der Waals surface area contributed by atoms with Gasteiger partial charge in [-0.05, 0) is 13.0 Å². The Labute approximate surface area is 100 Å². The molecule has 0 radical (unpaired) electrons. The van der Waals surface area contributed by atoms with E-state index in [1.54, 1.807) is 0 Å². The molecular formula is C11H10F3NO3. The van der Waals surface area contributed by atoms with Crippen LogP contribution in [-0.2, 0) is 9.53 Å². The smallest absolute Gasteiger partial charge is 0.358 e. The lowest BCUT2D eigenvalue weighted by molar-refractivity contribution is -0.138. The van der Waals surface area contributed by atoms with Crippen LogP contribution in [0.5, 0.6) is 0 Å². The van der Waals surface area contributed by atoms with Crippen molar-refractivity contribution in [1.82, 2.24) is 0 Å². The quantitative estimate of drug-likeness (QED) is 0.377. The van der Waals surface area contributed by atoms with E-state index in [1.165, 1.54) is 6.92 Å². The Morgan fingerprint density at radius 2 is 1.83 bits per heavy atom. The summed E-state index contributed by atoms with van der Waals surface area (Å²) in [6.07, 6.45) is 0. The second-order valence-electron chi connectivity index (χ2n) is 3.23. The van der Waals surface area contributed by atoms with Crippen LogP contribution in [-0.4, -0.2) is 17.7 Å². The molecule has 3 N–H and O–H groups in total. The molecule has 4 nitrogen and oxygen atoms in total. The number of rotatable bonds is 3. The minimum atomic E-state index is -1.42. The fourth-order valence-electron chi connectivity index (χ4n) is 1.15. The topological polar surface area (TPSA) is 72.5 Å². The minimum absolute atomic E-state index is 0.00687. The first kappa shape index (κ1) is 13.9. The number of halogens is 3. The number of nitrogens with two attached hydrogens (primary N) is 1. The first-order valence-electron chi connectivity index (χ1n) is 4.89. The van der Waals surface area contributed by atoms with Gasteiger partial charge in [-0.15, -0.1) is 0 Å². The molecule has 0 saturated carbocycles. The summed E-state index contributed by atoms with van der Waals surface area (Å²) in [5.74, 6) is -6.14. The lowest BCUT2D eigenvalue weighted by Crippen LogP contribution is -2.17. The lowest BCUT2D eigenvalue weighted by Gasteiger charge is -2.07. The molecule has 1 rings (SSSR count). The number of ether oxygens (including phenoxy) is 1. The molecule has 98 valence electrons. The Hall–Kier alpha value is -2.18. The van der Waals surface area contributed by atoms with Gasteiger partial charge >= 0.3 is 5.97 Å². The lowest BCUT2D eigenvalue weighted by atomic mass is 10.1. The van der Waals surface area contributed by atoms with Gasteiger partial charge in [0.25, 0.3) is 0 Å². The molecule has 1 aromatic carbocycles. The summed E-state index contributed by atoms with van der Waals surface area (Å²) in [6.45, 7) is 1.49. The van der Waals surface area contributed by atoms with Gasteiger partial charge in [-0.25, -0.2) is 18.0 Å². The van der Waals surface area contributed by atoms with Crippen LogP contribution in [0.2, 0.25) is 0 Å². The zero-order chi connectivity index (χ0) is 13.9. The molecule has 0 unspecified atom stereocenters. The van der Waals surface area contributed by atoms with Gasteiger partial charge in [-0.2, -0.15) is 0 Å². The number of carbonyl (C=O) groups is 1. The summed E-state index contributed by atoms with van der Waals surface area (Å²) >= 11 is 0. The maximum absolute atomic E-state index is 13.3. The number of benzene rings is 1. The first-order valence-corrected chi connectivity index (χ1v) is 4.89. The van der Waals surface area contributed by atoms with E-state index in [2.05, 4.69) is 4.74 Å². The van der Waals surface area contributed by atoms with Crippen LogP contribution in [0.4, 0.5) is 13.2 Å². The van der Waals surface area contributed by atoms with Gasteiger partial charge in [0.15, 0.2) is 23.1 Å². The SMILES string of the molecule is CCOC(=O)/C(N)=C(/O)c1cc(F)c(F)cc1F. The predicted octanol–water partition coefficient (Wildman–Crippen LogP) is 1.85. The van der Waals surface area contributed by atoms with Crippen molar-refractivity contribution in [2.75, 3.05) is 6.61 Å². The molecule has 18 heavy (non-hydrogen) atoms. The monoisotopic (exact) mass is 261 g/mol. The van der Waals surface area contributed by atoms with Crippen LogP contribution in [0.25, 0.3) is 5.76 Å². The van der Waals surface area contributed by atoms with Crippen LogP contribution < -0.4 is 5.73 Å². The van der Waals surface area contributed by atoms with E-state index >= 15 is 0 Å². The summed E-state index contributed by atoms with van der Waals surface area (Å²) in [5, 5.41) is 9.51. The van der Waals surface area contributed by atoms with Crippen molar-refractivity contribution in [3.8, 4) is 0 Å². The summed E-state index contributed by atoms with van der Waals surface area (Å²) in [5.41, 5.74) is 3.70. The molecule has 0 amide bonds. The standard InChI is InChI=1S/C11H10F3NO3/c1-2-18-11(17)9(15)10(16)5-3-7(13)8(14)4-6(5)12/h3-4,16H,2,15H2,1H3/b10-9-. The minimum Gasteiger partial charge on any atom is -0.505 e. The van der Waals surface area contributed by atoms with Crippen molar-refractivity contribution < 1.29 is 27.8 Å². The van der Waals surface area contributed by atoms with Crippen LogP contribution in [0.3, 0.4) is 0 Å². The highest BCUT2D eigenvalue weighted by Crippen LogP contribution is 2.21. The molecule has 0 fully saturated rings. The van der Waals surface area contributed by atoms with E-state index in [9.17, 15) is 23.1 Å². The molecule has 0 aliphatic heterocycles. The van der Waals surface area contributed by atoms with E-state index in [-0.39, 0.29) is 12.7 Å². The van der Waals surface area contributed by atoms with Gasteiger partial charge in [0, 0.05) is 6.07 Å². The number of hydrogen-bond donors (Lipinski definition) is 2. The van der Waals surface area contributed by atoms with Crippen molar-refractivity contribution in [1.29, 1.82) is 0 Å². The third kappa shape index (κ3) is 2.73. The molecule has 0 aromatic heterocycles. The number of hydrogen-bond acceptors (Lipinski definition) is 4. The second kappa shape index (κ2) is 5.44. The summed E-state index contributed by atoms with van der Waals surface area (Å²) in [7, 11) is 0. The van der Waals surface area contributed by atoms with E-state index < -0.39 is 40.4 Å². The highest BCUT2D eigenvalue weighted by Gasteiger charge is 2.19. The molecule has 0 saturated heterocycles. The van der Waals surface area contributed by atoms with Gasteiger partial charge < -0.3 is 15.6 Å². The van der Waals surface area contributed by atoms with E-state index in [0.29, 0.717) is 6.07 Å². The van der Waals surface area contributed by atoms with Crippen molar-refractivity contribution in [2.45, 2.75) is 6.92 Å². The highest BCUT2D eigenvalue weighted by atomic mass is 19.2. The Morgan fingerprint density at radius 1 is 1.28 bits per heavy atom. The molecule has 1 aromatic rings. The fraction of sp³-hybridized carbons (Fsp3) is 0.182. The third-order valence-corrected chi connectivity index (χ3v) is 2.02. The number of aliphatic hydroxyl groups excluding tert-OH is 1. The van der Waals surface area contributed by atoms with Crippen LogP contribution in [0.1, 0.15) is 12.5 Å². The van der Waals surface area contributed by atoms with E-state index in [0.717, 1.165) is 0 Å². The molecule has 0 atom stereocenters. The molecule has 7 heteroatoms. The third-order valence-electron chi connectivity index (χ3n) is 2.02.